The predicted octanol–water partition coefficient (Wildman–Crippen LogP) is 1.96. The third kappa shape index (κ3) is 1.37. The molecule has 0 spiro atoms. The Morgan fingerprint density at radius 3 is 2.55 bits per heavy atom. The highest BCUT2D eigenvalue weighted by atomic mass is 16.6. The maximum Gasteiger partial charge on any atom is 0.275 e. The first-order valence-corrected chi connectivity index (χ1v) is 3.12. The number of hydrogen-bond acceptors (Lipinski definition) is 2. The van der Waals surface area contributed by atoms with Gasteiger partial charge in [-0.25, -0.2) is 0 Å². The molecular formula is C8H7NO2. The van der Waals surface area contributed by atoms with Gasteiger partial charge < -0.3 is 0 Å². The first-order chi connectivity index (χ1) is 5.13. The first kappa shape index (κ1) is 7.72. The fraction of sp³-hybridized carbons (Fsp3) is 0.125. The lowest BCUT2D eigenvalue weighted by Gasteiger charge is -1.98. The lowest BCUT2D eigenvalue weighted by atomic mass is 10.1. The van der Waals surface area contributed by atoms with Gasteiger partial charge in [-0.2, -0.15) is 0 Å². The van der Waals surface area contributed by atoms with Crippen molar-refractivity contribution < 1.29 is 4.92 Å². The molecule has 3 nitrogen and oxygen atoms in total. The Morgan fingerprint density at radius 2 is 2.18 bits per heavy atom. The summed E-state index contributed by atoms with van der Waals surface area (Å²) in [5.41, 5.74) is 0.817. The number of aryl methyl sites for hydroxylation is 1. The van der Waals surface area contributed by atoms with Gasteiger partial charge in [0.05, 0.1) is 4.92 Å². The van der Waals surface area contributed by atoms with Crippen LogP contribution in [0.5, 0.6) is 0 Å². The van der Waals surface area contributed by atoms with Gasteiger partial charge in [0, 0.05) is 18.1 Å². The minimum absolute atomic E-state index is 0.00694. The molecule has 11 heavy (non-hydrogen) atoms. The zero-order valence-electron chi connectivity index (χ0n) is 6.07. The molecule has 0 aliphatic rings. The monoisotopic (exact) mass is 149 g/mol. The second-order valence-electron chi connectivity index (χ2n) is 2.27. The summed E-state index contributed by atoms with van der Waals surface area (Å²) in [7, 11) is 0. The molecule has 0 aliphatic heterocycles. The van der Waals surface area contributed by atoms with Crippen LogP contribution in [0, 0.1) is 24.0 Å². The van der Waals surface area contributed by atoms with E-state index in [0.29, 0.717) is 5.56 Å². The summed E-state index contributed by atoms with van der Waals surface area (Å²) < 4.78 is 0. The van der Waals surface area contributed by atoms with E-state index in [0.717, 1.165) is 0 Å². The molecule has 0 aromatic heterocycles. The third-order valence-corrected chi connectivity index (χ3v) is 1.45. The molecule has 0 N–H and O–H groups in total. The van der Waals surface area contributed by atoms with E-state index in [2.05, 4.69) is 0 Å². The molecule has 0 unspecified atom stereocenters. The lowest BCUT2D eigenvalue weighted by Crippen LogP contribution is -1.93. The highest BCUT2D eigenvalue weighted by Crippen LogP contribution is 2.21. The number of rotatable bonds is 1. The van der Waals surface area contributed by atoms with Crippen molar-refractivity contribution in [2.45, 2.75) is 6.92 Å². The second kappa shape index (κ2) is 2.70. The van der Waals surface area contributed by atoms with Gasteiger partial charge in [-0.1, -0.05) is 18.2 Å². The van der Waals surface area contributed by atoms with E-state index in [-0.39, 0.29) is 11.3 Å². The molecule has 0 bridgehead atoms. The molecule has 1 rings (SSSR count). The van der Waals surface area contributed by atoms with E-state index >= 15 is 0 Å². The predicted molar refractivity (Wildman–Crippen MR) is 41.2 cm³/mol. The van der Waals surface area contributed by atoms with Crippen molar-refractivity contribution in [2.24, 2.45) is 0 Å². The van der Waals surface area contributed by atoms with E-state index in [1.807, 2.05) is 0 Å². The van der Waals surface area contributed by atoms with Gasteiger partial charge in [0.2, 0.25) is 0 Å². The summed E-state index contributed by atoms with van der Waals surface area (Å²) in [5, 5.41) is 10.4. The summed E-state index contributed by atoms with van der Waals surface area (Å²) in [5.74, 6) is 0. The van der Waals surface area contributed by atoms with Crippen LogP contribution in [-0.4, -0.2) is 4.92 Å². The van der Waals surface area contributed by atoms with Crippen molar-refractivity contribution in [1.29, 1.82) is 0 Å². The Balaban J connectivity index is 3.32. The Kier molecular flexibility index (Phi) is 1.89. The minimum atomic E-state index is -0.468. The van der Waals surface area contributed by atoms with Crippen LogP contribution in [0.2, 0.25) is 0 Å². The third-order valence-electron chi connectivity index (χ3n) is 1.45. The van der Waals surface area contributed by atoms with E-state index in [1.54, 1.807) is 19.1 Å². The zero-order chi connectivity index (χ0) is 8.43. The fourth-order valence-corrected chi connectivity index (χ4v) is 0.931. The normalized spacial score (nSPS) is 9.64. The summed E-state index contributed by atoms with van der Waals surface area (Å²) in [6.07, 6.45) is 0. The van der Waals surface area contributed by atoms with Crippen molar-refractivity contribution in [3.05, 3.63) is 46.4 Å². The van der Waals surface area contributed by atoms with E-state index in [9.17, 15) is 10.1 Å². The number of nitro benzene ring substituents is 1. The van der Waals surface area contributed by atoms with Gasteiger partial charge >= 0.3 is 0 Å². The molecule has 1 aromatic rings. The molecule has 3 heteroatoms. The molecule has 2 radical (unpaired) electrons. The molecule has 0 atom stereocenters. The Hall–Kier alpha value is -1.38. The Labute approximate surface area is 64.8 Å². The van der Waals surface area contributed by atoms with Crippen LogP contribution in [0.25, 0.3) is 0 Å². The average Bonchev–Trinajstić information content (AvgIpc) is 1.85. The van der Waals surface area contributed by atoms with Crippen LogP contribution < -0.4 is 0 Å². The second-order valence-corrected chi connectivity index (χ2v) is 2.27. The van der Waals surface area contributed by atoms with Crippen molar-refractivity contribution in [1.82, 2.24) is 0 Å². The summed E-state index contributed by atoms with van der Waals surface area (Å²) in [4.78, 5) is 9.90. The number of para-hydroxylation sites is 1. The van der Waals surface area contributed by atoms with Crippen molar-refractivity contribution in [3.8, 4) is 0 Å². The molecule has 0 amide bonds. The van der Waals surface area contributed by atoms with E-state index in [4.69, 9.17) is 6.92 Å². The van der Waals surface area contributed by atoms with E-state index in [1.165, 1.54) is 6.07 Å². The maximum absolute atomic E-state index is 10.4. The van der Waals surface area contributed by atoms with Gasteiger partial charge in [0.1, 0.15) is 0 Å². The largest absolute Gasteiger partial charge is 0.275 e. The Bertz CT molecular complexity index is 274. The smallest absolute Gasteiger partial charge is 0.258 e. The van der Waals surface area contributed by atoms with Gasteiger partial charge in [-0.3, -0.25) is 10.1 Å². The van der Waals surface area contributed by atoms with Crippen molar-refractivity contribution in [3.63, 3.8) is 0 Å². The summed E-state index contributed by atoms with van der Waals surface area (Å²) >= 11 is 0. The van der Waals surface area contributed by atoms with Crippen LogP contribution in [0.3, 0.4) is 0 Å². The highest BCUT2D eigenvalue weighted by molar-refractivity contribution is 5.48. The van der Waals surface area contributed by atoms with Gasteiger partial charge in [0.15, 0.2) is 0 Å². The SMILES string of the molecule is [CH]c1cccc(C)c1[N+](=O)[O-]. The molecule has 0 aliphatic carbocycles. The van der Waals surface area contributed by atoms with Crippen LogP contribution in [0.1, 0.15) is 11.1 Å². The minimum Gasteiger partial charge on any atom is -0.258 e. The van der Waals surface area contributed by atoms with Crippen LogP contribution in [0.4, 0.5) is 5.69 Å². The topological polar surface area (TPSA) is 43.1 Å². The van der Waals surface area contributed by atoms with Crippen LogP contribution >= 0.6 is 0 Å². The van der Waals surface area contributed by atoms with Gasteiger partial charge in [-0.15, -0.1) is 0 Å². The molecule has 0 fully saturated rings. The number of hydrogen-bond donors (Lipinski definition) is 0. The zero-order valence-corrected chi connectivity index (χ0v) is 6.07. The van der Waals surface area contributed by atoms with Crippen LogP contribution in [0.15, 0.2) is 18.2 Å². The standard InChI is InChI=1S/C8H7NO2/c1-6-4-3-5-7(2)8(6)9(10)11/h1,3-5H,2H3. The van der Waals surface area contributed by atoms with Gasteiger partial charge in [-0.05, 0) is 6.92 Å². The summed E-state index contributed by atoms with van der Waals surface area (Å²) in [6, 6.07) is 4.87. The maximum atomic E-state index is 10.4. The first-order valence-electron chi connectivity index (χ1n) is 3.12. The van der Waals surface area contributed by atoms with Crippen molar-refractivity contribution in [2.75, 3.05) is 0 Å². The van der Waals surface area contributed by atoms with Crippen LogP contribution in [-0.2, 0) is 0 Å². The van der Waals surface area contributed by atoms with E-state index < -0.39 is 4.92 Å². The van der Waals surface area contributed by atoms with Crippen molar-refractivity contribution >= 4 is 5.69 Å². The average molecular weight is 149 g/mol. The van der Waals surface area contributed by atoms with Gasteiger partial charge in [0.25, 0.3) is 5.69 Å². The lowest BCUT2D eigenvalue weighted by molar-refractivity contribution is -0.385. The summed E-state index contributed by atoms with van der Waals surface area (Å²) in [6.45, 7) is 7.04. The molecular weight excluding hydrogens is 142 g/mol. The molecule has 1 aromatic carbocycles. The number of nitro groups is 1. The molecule has 0 saturated heterocycles. The Morgan fingerprint density at radius 1 is 1.55 bits per heavy atom. The quantitative estimate of drug-likeness (QED) is 0.452. The fourth-order valence-electron chi connectivity index (χ4n) is 0.931. The molecule has 0 heterocycles. The highest BCUT2D eigenvalue weighted by Gasteiger charge is 2.12. The molecule has 56 valence electrons. The molecule has 0 saturated carbocycles. The number of benzene rings is 1. The number of nitrogens with zero attached hydrogens (tertiary/aromatic N) is 1.